The SMILES string of the molecule is COc1nc(N)c(Cl)cc1C(=O)NC1CCN(CCN(C)Cc2ccc(C(=O)O)cc2)CC1OC. The van der Waals surface area contributed by atoms with Crippen LogP contribution in [0.15, 0.2) is 30.3 Å². The van der Waals surface area contributed by atoms with Crippen LogP contribution in [0.1, 0.15) is 32.7 Å². The molecule has 1 aromatic carbocycles. The molecule has 0 radical (unpaired) electrons. The second-order valence-corrected chi connectivity index (χ2v) is 9.00. The molecule has 10 nitrogen and oxygen atoms in total. The molecule has 35 heavy (non-hydrogen) atoms. The summed E-state index contributed by atoms with van der Waals surface area (Å²) in [6, 6.07) is 8.22. The van der Waals surface area contributed by atoms with Gasteiger partial charge >= 0.3 is 5.97 Å². The normalized spacial score (nSPS) is 18.4. The number of methoxy groups -OCH3 is 2. The van der Waals surface area contributed by atoms with Crippen molar-refractivity contribution in [2.45, 2.75) is 25.1 Å². The number of likely N-dealkylation sites (tertiary alicyclic amines) is 1. The predicted octanol–water partition coefficient (Wildman–Crippen LogP) is 1.98. The van der Waals surface area contributed by atoms with Gasteiger partial charge in [-0.25, -0.2) is 4.79 Å². The number of carboxylic acids is 1. The van der Waals surface area contributed by atoms with Crippen LogP contribution in [0.4, 0.5) is 5.82 Å². The van der Waals surface area contributed by atoms with Crippen molar-refractivity contribution in [1.29, 1.82) is 0 Å². The Labute approximate surface area is 210 Å². The van der Waals surface area contributed by atoms with Gasteiger partial charge in [0.1, 0.15) is 11.4 Å². The zero-order chi connectivity index (χ0) is 25.5. The van der Waals surface area contributed by atoms with Crippen molar-refractivity contribution in [2.24, 2.45) is 0 Å². The van der Waals surface area contributed by atoms with Gasteiger partial charge in [-0.05, 0) is 37.2 Å². The molecule has 0 spiro atoms. The molecular weight excluding hydrogens is 474 g/mol. The van der Waals surface area contributed by atoms with Crippen molar-refractivity contribution in [2.75, 3.05) is 53.2 Å². The number of piperidine rings is 1. The van der Waals surface area contributed by atoms with Gasteiger partial charge in [-0.3, -0.25) is 9.69 Å². The first kappa shape index (κ1) is 26.7. The lowest BCUT2D eigenvalue weighted by molar-refractivity contribution is 0.00439. The molecule has 1 saturated heterocycles. The van der Waals surface area contributed by atoms with Gasteiger partial charge in [0.2, 0.25) is 5.88 Å². The lowest BCUT2D eigenvalue weighted by Gasteiger charge is -2.38. The number of halogens is 1. The highest BCUT2D eigenvalue weighted by Gasteiger charge is 2.31. The molecule has 0 bridgehead atoms. The van der Waals surface area contributed by atoms with Crippen molar-refractivity contribution in [3.05, 3.63) is 52.0 Å². The van der Waals surface area contributed by atoms with Gasteiger partial charge < -0.3 is 30.5 Å². The molecular formula is C24H32ClN5O5. The molecule has 0 aliphatic carbocycles. The summed E-state index contributed by atoms with van der Waals surface area (Å²) in [5, 5.41) is 12.2. The average molecular weight is 506 g/mol. The number of nitrogen functional groups attached to an aromatic ring is 1. The van der Waals surface area contributed by atoms with Crippen LogP contribution in [0.5, 0.6) is 5.88 Å². The second kappa shape index (κ2) is 12.2. The van der Waals surface area contributed by atoms with Crippen molar-refractivity contribution < 1.29 is 24.2 Å². The highest BCUT2D eigenvalue weighted by molar-refractivity contribution is 6.33. The fourth-order valence-electron chi connectivity index (χ4n) is 4.09. The van der Waals surface area contributed by atoms with Gasteiger partial charge in [0, 0.05) is 39.8 Å². The van der Waals surface area contributed by atoms with Gasteiger partial charge in [0.05, 0.1) is 29.8 Å². The van der Waals surface area contributed by atoms with Crippen molar-refractivity contribution in [1.82, 2.24) is 20.1 Å². The van der Waals surface area contributed by atoms with Crippen molar-refractivity contribution in [3.8, 4) is 5.88 Å². The van der Waals surface area contributed by atoms with Gasteiger partial charge in [-0.15, -0.1) is 0 Å². The largest absolute Gasteiger partial charge is 0.480 e. The zero-order valence-electron chi connectivity index (χ0n) is 20.2. The maximum atomic E-state index is 12.9. The van der Waals surface area contributed by atoms with Crippen LogP contribution in [-0.2, 0) is 11.3 Å². The number of likely N-dealkylation sites (N-methyl/N-ethyl adjacent to an activating group) is 1. The summed E-state index contributed by atoms with van der Waals surface area (Å²) < 4.78 is 10.9. The van der Waals surface area contributed by atoms with E-state index in [9.17, 15) is 9.59 Å². The van der Waals surface area contributed by atoms with Crippen molar-refractivity contribution >= 4 is 29.3 Å². The Morgan fingerprint density at radius 1 is 1.31 bits per heavy atom. The lowest BCUT2D eigenvalue weighted by atomic mass is 10.0. The lowest BCUT2D eigenvalue weighted by Crippen LogP contribution is -2.55. The summed E-state index contributed by atoms with van der Waals surface area (Å²) >= 11 is 6.05. The Kier molecular flexibility index (Phi) is 9.27. The third-order valence-corrected chi connectivity index (χ3v) is 6.42. The quantitative estimate of drug-likeness (QED) is 0.443. The molecule has 1 aromatic heterocycles. The number of hydrogen-bond acceptors (Lipinski definition) is 8. The van der Waals surface area contributed by atoms with E-state index in [0.29, 0.717) is 6.54 Å². The van der Waals surface area contributed by atoms with Crippen LogP contribution in [0.3, 0.4) is 0 Å². The molecule has 4 N–H and O–H groups in total. The van der Waals surface area contributed by atoms with E-state index in [0.717, 1.165) is 38.2 Å². The van der Waals surface area contributed by atoms with E-state index >= 15 is 0 Å². The van der Waals surface area contributed by atoms with Crippen LogP contribution < -0.4 is 15.8 Å². The topological polar surface area (TPSA) is 130 Å². The van der Waals surface area contributed by atoms with E-state index in [-0.39, 0.29) is 45.9 Å². The Morgan fingerprint density at radius 3 is 2.66 bits per heavy atom. The fraction of sp³-hybridized carbons (Fsp3) is 0.458. The number of nitrogens with one attached hydrogen (secondary N) is 1. The van der Waals surface area contributed by atoms with Crippen LogP contribution >= 0.6 is 11.6 Å². The Bertz CT molecular complexity index is 1040. The summed E-state index contributed by atoms with van der Waals surface area (Å²) in [6.45, 7) is 3.89. The molecule has 2 heterocycles. The monoisotopic (exact) mass is 505 g/mol. The third-order valence-electron chi connectivity index (χ3n) is 6.12. The van der Waals surface area contributed by atoms with Crippen LogP contribution in [0.25, 0.3) is 0 Å². The summed E-state index contributed by atoms with van der Waals surface area (Å²) in [5.41, 5.74) is 7.28. The number of benzene rings is 1. The Hall–Kier alpha value is -2.92. The van der Waals surface area contributed by atoms with E-state index in [1.165, 1.54) is 13.2 Å². The molecule has 1 aliphatic rings. The Morgan fingerprint density at radius 2 is 2.03 bits per heavy atom. The predicted molar refractivity (Wildman–Crippen MR) is 133 cm³/mol. The van der Waals surface area contributed by atoms with E-state index in [2.05, 4.69) is 20.1 Å². The summed E-state index contributed by atoms with van der Waals surface area (Å²) in [4.78, 5) is 32.4. The molecule has 2 atom stereocenters. The number of ether oxygens (including phenoxy) is 2. The first-order chi connectivity index (χ1) is 16.7. The molecule has 1 fully saturated rings. The number of carbonyl (C=O) groups excluding carboxylic acids is 1. The van der Waals surface area contributed by atoms with Gasteiger partial charge in [-0.1, -0.05) is 23.7 Å². The number of carboxylic acid groups (broad SMARTS) is 1. The molecule has 0 saturated carbocycles. The number of aromatic carboxylic acids is 1. The number of rotatable bonds is 10. The second-order valence-electron chi connectivity index (χ2n) is 8.60. The molecule has 1 amide bonds. The minimum Gasteiger partial charge on any atom is -0.480 e. The highest BCUT2D eigenvalue weighted by Crippen LogP contribution is 2.25. The van der Waals surface area contributed by atoms with Gasteiger partial charge in [0.25, 0.3) is 5.91 Å². The number of carbonyl (C=O) groups is 2. The molecule has 11 heteroatoms. The summed E-state index contributed by atoms with van der Waals surface area (Å²) in [7, 11) is 5.10. The smallest absolute Gasteiger partial charge is 0.335 e. The maximum absolute atomic E-state index is 12.9. The summed E-state index contributed by atoms with van der Waals surface area (Å²) in [5.74, 6) is -1.04. The number of nitrogens with zero attached hydrogens (tertiary/aromatic N) is 3. The molecule has 2 unspecified atom stereocenters. The first-order valence-electron chi connectivity index (χ1n) is 11.3. The summed E-state index contributed by atoms with van der Waals surface area (Å²) in [6.07, 6.45) is 0.549. The number of amides is 1. The molecule has 3 rings (SSSR count). The molecule has 1 aliphatic heterocycles. The van der Waals surface area contributed by atoms with Crippen LogP contribution in [0, 0.1) is 0 Å². The minimum atomic E-state index is -0.926. The van der Waals surface area contributed by atoms with E-state index in [1.807, 2.05) is 19.2 Å². The standard InChI is InChI=1S/C24H32ClN5O5/c1-29(13-15-4-6-16(7-5-15)24(32)33)10-11-30-9-8-19(20(14-30)34-2)27-22(31)17-12-18(25)21(26)28-23(17)35-3/h4-7,12,19-20H,8-11,13-14H2,1-3H3,(H2,26,28)(H,27,31)(H,32,33). The number of pyridine rings is 1. The molecule has 190 valence electrons. The Balaban J connectivity index is 1.51. The van der Waals surface area contributed by atoms with Gasteiger partial charge in [-0.2, -0.15) is 4.98 Å². The zero-order valence-corrected chi connectivity index (χ0v) is 20.9. The number of nitrogens with two attached hydrogens (primary N) is 1. The van der Waals surface area contributed by atoms with E-state index < -0.39 is 5.97 Å². The minimum absolute atomic E-state index is 0.102. The van der Waals surface area contributed by atoms with Crippen molar-refractivity contribution in [3.63, 3.8) is 0 Å². The molecule has 2 aromatic rings. The van der Waals surface area contributed by atoms with Crippen LogP contribution in [0.2, 0.25) is 5.02 Å². The number of anilines is 1. The van der Waals surface area contributed by atoms with E-state index in [4.69, 9.17) is 31.9 Å². The van der Waals surface area contributed by atoms with Gasteiger partial charge in [0.15, 0.2) is 0 Å². The number of aromatic nitrogens is 1. The average Bonchev–Trinajstić information content (AvgIpc) is 2.84. The highest BCUT2D eigenvalue weighted by atomic mass is 35.5. The fourth-order valence-corrected chi connectivity index (χ4v) is 4.24. The van der Waals surface area contributed by atoms with E-state index in [1.54, 1.807) is 19.2 Å². The first-order valence-corrected chi connectivity index (χ1v) is 11.7. The number of hydrogen-bond donors (Lipinski definition) is 3. The maximum Gasteiger partial charge on any atom is 0.335 e. The third kappa shape index (κ3) is 7.04. The van der Waals surface area contributed by atoms with Crippen LogP contribution in [-0.4, -0.2) is 91.4 Å².